The number of anilines is 2. The van der Waals surface area contributed by atoms with Crippen LogP contribution in [0.5, 0.6) is 0 Å². The van der Waals surface area contributed by atoms with Crippen LogP contribution in [0, 0.1) is 6.92 Å². The van der Waals surface area contributed by atoms with Crippen molar-refractivity contribution >= 4 is 11.4 Å². The van der Waals surface area contributed by atoms with Gasteiger partial charge in [0.1, 0.15) is 0 Å². The maximum atomic E-state index is 2.45. The fraction of sp³-hybridized carbons (Fsp3) is 0.294. The van der Waals surface area contributed by atoms with E-state index in [2.05, 4.69) is 74.2 Å². The Labute approximate surface area is 109 Å². The number of nitrogens with zero attached hydrogens (tertiary/aromatic N) is 1. The number of hydrogen-bond acceptors (Lipinski definition) is 1. The van der Waals surface area contributed by atoms with Crippen molar-refractivity contribution in [1.82, 2.24) is 0 Å². The second kappa shape index (κ2) is 3.88. The van der Waals surface area contributed by atoms with Crippen molar-refractivity contribution in [1.29, 1.82) is 0 Å². The maximum absolute atomic E-state index is 2.45. The molecule has 0 unspecified atom stereocenters. The smallest absolute Gasteiger partial charge is 0.0449 e. The zero-order valence-corrected chi connectivity index (χ0v) is 11.3. The van der Waals surface area contributed by atoms with E-state index in [1.54, 1.807) is 0 Å². The molecule has 0 aromatic heterocycles. The molecule has 0 radical (unpaired) electrons. The molecule has 92 valence electrons. The van der Waals surface area contributed by atoms with E-state index in [1.807, 2.05) is 0 Å². The summed E-state index contributed by atoms with van der Waals surface area (Å²) >= 11 is 0. The van der Waals surface area contributed by atoms with Crippen LogP contribution in [-0.2, 0) is 5.41 Å². The van der Waals surface area contributed by atoms with Crippen LogP contribution in [0.4, 0.5) is 11.4 Å². The van der Waals surface area contributed by atoms with Crippen LogP contribution in [0.3, 0.4) is 0 Å². The fourth-order valence-electron chi connectivity index (χ4n) is 2.93. The summed E-state index contributed by atoms with van der Waals surface area (Å²) in [6.45, 7) is 7.88. The van der Waals surface area contributed by atoms with Gasteiger partial charge in [-0.15, -0.1) is 0 Å². The van der Waals surface area contributed by atoms with Gasteiger partial charge in [0.25, 0.3) is 0 Å². The van der Waals surface area contributed by atoms with Crippen LogP contribution in [0.1, 0.15) is 25.0 Å². The molecular weight excluding hydrogens is 218 g/mol. The second-order valence-corrected chi connectivity index (χ2v) is 5.77. The first-order valence-electron chi connectivity index (χ1n) is 6.52. The molecule has 1 nitrogen and oxygen atoms in total. The molecule has 0 bridgehead atoms. The number of rotatable bonds is 1. The molecule has 0 amide bonds. The third-order valence-electron chi connectivity index (χ3n) is 3.88. The van der Waals surface area contributed by atoms with Crippen molar-refractivity contribution < 1.29 is 0 Å². The van der Waals surface area contributed by atoms with Crippen LogP contribution in [0.25, 0.3) is 0 Å². The lowest BCUT2D eigenvalue weighted by Gasteiger charge is -2.24. The Morgan fingerprint density at radius 2 is 1.50 bits per heavy atom. The Morgan fingerprint density at radius 3 is 2.22 bits per heavy atom. The third kappa shape index (κ3) is 1.62. The minimum absolute atomic E-state index is 0.221. The van der Waals surface area contributed by atoms with E-state index in [1.165, 1.54) is 22.5 Å². The zero-order chi connectivity index (χ0) is 12.8. The van der Waals surface area contributed by atoms with Crippen LogP contribution in [0.15, 0.2) is 48.5 Å². The lowest BCUT2D eigenvalue weighted by atomic mass is 9.87. The van der Waals surface area contributed by atoms with E-state index in [0.717, 1.165) is 6.54 Å². The molecule has 1 heterocycles. The molecule has 2 aromatic rings. The largest absolute Gasteiger partial charge is 0.340 e. The Balaban J connectivity index is 2.15. The van der Waals surface area contributed by atoms with E-state index in [-0.39, 0.29) is 5.41 Å². The normalized spacial score (nSPS) is 16.7. The summed E-state index contributed by atoms with van der Waals surface area (Å²) in [5.74, 6) is 0. The van der Waals surface area contributed by atoms with E-state index < -0.39 is 0 Å². The average molecular weight is 237 g/mol. The van der Waals surface area contributed by atoms with Crippen molar-refractivity contribution in [2.24, 2.45) is 0 Å². The van der Waals surface area contributed by atoms with E-state index in [4.69, 9.17) is 0 Å². The molecule has 0 N–H and O–H groups in total. The molecule has 3 rings (SSSR count). The van der Waals surface area contributed by atoms with Gasteiger partial charge in [-0.1, -0.05) is 50.2 Å². The number of benzene rings is 2. The van der Waals surface area contributed by atoms with Gasteiger partial charge in [-0.2, -0.15) is 0 Å². The molecule has 0 fully saturated rings. The summed E-state index contributed by atoms with van der Waals surface area (Å²) in [4.78, 5) is 2.45. The molecule has 0 saturated heterocycles. The maximum Gasteiger partial charge on any atom is 0.0449 e. The monoisotopic (exact) mass is 237 g/mol. The molecule has 0 atom stereocenters. The Kier molecular flexibility index (Phi) is 2.44. The van der Waals surface area contributed by atoms with Crippen LogP contribution >= 0.6 is 0 Å². The highest BCUT2D eigenvalue weighted by Gasteiger charge is 2.35. The van der Waals surface area contributed by atoms with Gasteiger partial charge in [0.05, 0.1) is 0 Å². The summed E-state index contributed by atoms with van der Waals surface area (Å²) in [5, 5.41) is 0. The van der Waals surface area contributed by atoms with Gasteiger partial charge in [0.2, 0.25) is 0 Å². The highest BCUT2D eigenvalue weighted by molar-refractivity contribution is 5.74. The molecule has 1 aliphatic heterocycles. The first kappa shape index (κ1) is 11.3. The Hall–Kier alpha value is -1.76. The number of aryl methyl sites for hydroxylation is 1. The van der Waals surface area contributed by atoms with Crippen molar-refractivity contribution in [2.45, 2.75) is 26.2 Å². The van der Waals surface area contributed by atoms with Gasteiger partial charge >= 0.3 is 0 Å². The van der Waals surface area contributed by atoms with Gasteiger partial charge < -0.3 is 4.90 Å². The molecule has 18 heavy (non-hydrogen) atoms. The quantitative estimate of drug-likeness (QED) is 0.709. The average Bonchev–Trinajstić information content (AvgIpc) is 2.63. The van der Waals surface area contributed by atoms with Crippen LogP contribution < -0.4 is 4.90 Å². The highest BCUT2D eigenvalue weighted by atomic mass is 15.2. The molecule has 1 aliphatic rings. The summed E-state index contributed by atoms with van der Waals surface area (Å²) in [6, 6.07) is 17.4. The lowest BCUT2D eigenvalue weighted by molar-refractivity contribution is 0.569. The van der Waals surface area contributed by atoms with Crippen molar-refractivity contribution in [3.05, 3.63) is 59.7 Å². The second-order valence-electron chi connectivity index (χ2n) is 5.77. The zero-order valence-electron chi connectivity index (χ0n) is 11.3. The van der Waals surface area contributed by atoms with Gasteiger partial charge in [0.15, 0.2) is 0 Å². The van der Waals surface area contributed by atoms with E-state index in [0.29, 0.717) is 0 Å². The molecule has 0 spiro atoms. The Morgan fingerprint density at radius 1 is 0.889 bits per heavy atom. The summed E-state index contributed by atoms with van der Waals surface area (Å²) in [5.41, 5.74) is 5.70. The molecule has 2 aromatic carbocycles. The minimum atomic E-state index is 0.221. The van der Waals surface area contributed by atoms with Crippen molar-refractivity contribution in [3.63, 3.8) is 0 Å². The lowest BCUT2D eigenvalue weighted by Crippen LogP contribution is -2.25. The topological polar surface area (TPSA) is 3.24 Å². The Bertz CT molecular complexity index is 584. The van der Waals surface area contributed by atoms with E-state index in [9.17, 15) is 0 Å². The summed E-state index contributed by atoms with van der Waals surface area (Å²) in [6.07, 6.45) is 0. The van der Waals surface area contributed by atoms with Crippen LogP contribution in [0.2, 0.25) is 0 Å². The molecule has 0 aliphatic carbocycles. The van der Waals surface area contributed by atoms with Crippen molar-refractivity contribution in [2.75, 3.05) is 11.4 Å². The predicted octanol–water partition coefficient (Wildman–Crippen LogP) is 4.42. The van der Waals surface area contributed by atoms with Gasteiger partial charge in [-0.05, 0) is 30.2 Å². The van der Waals surface area contributed by atoms with Gasteiger partial charge in [-0.3, -0.25) is 0 Å². The first-order chi connectivity index (χ1) is 8.59. The summed E-state index contributed by atoms with van der Waals surface area (Å²) in [7, 11) is 0. The SMILES string of the molecule is Cc1ccccc1N1CC(C)(C)c2ccccc21. The van der Waals surface area contributed by atoms with Gasteiger partial charge in [-0.25, -0.2) is 0 Å². The van der Waals surface area contributed by atoms with E-state index >= 15 is 0 Å². The predicted molar refractivity (Wildman–Crippen MR) is 77.7 cm³/mol. The number of hydrogen-bond donors (Lipinski definition) is 0. The molecule has 1 heteroatoms. The third-order valence-corrected chi connectivity index (χ3v) is 3.88. The summed E-state index contributed by atoms with van der Waals surface area (Å²) < 4.78 is 0. The first-order valence-corrected chi connectivity index (χ1v) is 6.52. The number of para-hydroxylation sites is 2. The van der Waals surface area contributed by atoms with Gasteiger partial charge in [0, 0.05) is 23.3 Å². The molecule has 0 saturated carbocycles. The minimum Gasteiger partial charge on any atom is -0.340 e. The van der Waals surface area contributed by atoms with Crippen molar-refractivity contribution in [3.8, 4) is 0 Å². The molecular formula is C17H19N. The number of fused-ring (bicyclic) bond motifs is 1. The highest BCUT2D eigenvalue weighted by Crippen LogP contribution is 2.44. The fourth-order valence-corrected chi connectivity index (χ4v) is 2.93. The standard InChI is InChI=1S/C17H19N/c1-13-8-4-6-10-15(13)18-12-17(2,3)14-9-5-7-11-16(14)18/h4-11H,12H2,1-3H3. The van der Waals surface area contributed by atoms with Crippen LogP contribution in [-0.4, -0.2) is 6.54 Å².